The summed E-state index contributed by atoms with van der Waals surface area (Å²) in [6.07, 6.45) is 3.68. The fourth-order valence-electron chi connectivity index (χ4n) is 5.81. The Morgan fingerprint density at radius 3 is 2.54 bits per heavy atom. The molecular formula is C31H29FN4O. The molecule has 0 aliphatic heterocycles. The number of aliphatic hydroxyl groups is 1. The van der Waals surface area contributed by atoms with Crippen LogP contribution >= 0.6 is 0 Å². The van der Waals surface area contributed by atoms with Gasteiger partial charge in [0.15, 0.2) is 5.82 Å². The van der Waals surface area contributed by atoms with Gasteiger partial charge in [-0.2, -0.15) is 5.26 Å². The number of aromatic nitrogens is 3. The van der Waals surface area contributed by atoms with Crippen LogP contribution in [-0.2, 0) is 6.42 Å². The summed E-state index contributed by atoms with van der Waals surface area (Å²) in [4.78, 5) is 14.5. The van der Waals surface area contributed by atoms with E-state index in [-0.39, 0.29) is 29.3 Å². The predicted octanol–water partition coefficient (Wildman–Crippen LogP) is 7.55. The molecule has 5 nitrogen and oxygen atoms in total. The Kier molecular flexibility index (Phi) is 6.71. The first-order valence-electron chi connectivity index (χ1n) is 12.9. The normalized spacial score (nSPS) is 20.4. The van der Waals surface area contributed by atoms with Gasteiger partial charge in [0.05, 0.1) is 28.5 Å². The lowest BCUT2D eigenvalue weighted by Crippen LogP contribution is -2.33. The third-order valence-corrected chi connectivity index (χ3v) is 7.60. The Labute approximate surface area is 216 Å². The number of nitriles is 1. The van der Waals surface area contributed by atoms with Crippen LogP contribution in [0.4, 0.5) is 4.39 Å². The van der Waals surface area contributed by atoms with Gasteiger partial charge in [-0.05, 0) is 49.4 Å². The molecule has 2 aromatic heterocycles. The molecule has 3 unspecified atom stereocenters. The summed E-state index contributed by atoms with van der Waals surface area (Å²) < 4.78 is 15.0. The highest BCUT2D eigenvalue weighted by atomic mass is 19.1. The maximum absolute atomic E-state index is 15.0. The minimum absolute atomic E-state index is 0.0420. The van der Waals surface area contributed by atoms with Crippen LogP contribution in [0.2, 0.25) is 0 Å². The summed E-state index contributed by atoms with van der Waals surface area (Å²) in [5.74, 6) is 0.374. The van der Waals surface area contributed by atoms with E-state index in [4.69, 9.17) is 9.97 Å². The van der Waals surface area contributed by atoms with E-state index < -0.39 is 0 Å². The summed E-state index contributed by atoms with van der Waals surface area (Å²) in [5, 5.41) is 21.2. The predicted molar refractivity (Wildman–Crippen MR) is 143 cm³/mol. The van der Waals surface area contributed by atoms with Crippen molar-refractivity contribution in [1.29, 1.82) is 5.26 Å². The molecule has 2 heterocycles. The number of benzene rings is 2. The van der Waals surface area contributed by atoms with E-state index in [0.29, 0.717) is 35.5 Å². The van der Waals surface area contributed by atoms with Gasteiger partial charge < -0.3 is 5.11 Å². The minimum atomic E-state index is -0.326. The smallest absolute Gasteiger partial charge is 0.160 e. The van der Waals surface area contributed by atoms with Crippen molar-refractivity contribution in [2.75, 3.05) is 0 Å². The van der Waals surface area contributed by atoms with E-state index in [1.807, 2.05) is 57.2 Å². The summed E-state index contributed by atoms with van der Waals surface area (Å²) in [7, 11) is 0. The Balaban J connectivity index is 0.00000137. The van der Waals surface area contributed by atoms with Crippen LogP contribution < -0.4 is 0 Å². The molecule has 4 aromatic rings. The molecule has 0 bridgehead atoms. The molecule has 37 heavy (non-hydrogen) atoms. The van der Waals surface area contributed by atoms with Gasteiger partial charge in [0.1, 0.15) is 11.6 Å². The summed E-state index contributed by atoms with van der Waals surface area (Å²) >= 11 is 0. The molecular weight excluding hydrogens is 463 g/mol. The van der Waals surface area contributed by atoms with Gasteiger partial charge >= 0.3 is 0 Å². The van der Waals surface area contributed by atoms with Crippen molar-refractivity contribution in [2.24, 2.45) is 11.8 Å². The molecule has 186 valence electrons. The molecule has 3 atom stereocenters. The van der Waals surface area contributed by atoms with Gasteiger partial charge in [0.25, 0.3) is 0 Å². The zero-order chi connectivity index (χ0) is 26.1. The highest BCUT2D eigenvalue weighted by Gasteiger charge is 2.42. The standard InChI is InChI=1S/C29H23FN4O.C2H6/c1-16-18-10-11-22-26(21-7-2-4-8-24(21)30)33-29(20-12-13-32-25-9-5-3-6-19(20)25)34-27(22)23(18)14-17(15-31)28(16)35;1-2/h2-9,12-13,16,18,23,35H,10-11,14H2,1H3;1-2H3. The monoisotopic (exact) mass is 492 g/mol. The summed E-state index contributed by atoms with van der Waals surface area (Å²) in [6.45, 7) is 5.98. The minimum Gasteiger partial charge on any atom is -0.511 e. The summed E-state index contributed by atoms with van der Waals surface area (Å²) in [5.41, 5.74) is 4.93. The number of rotatable bonds is 2. The van der Waals surface area contributed by atoms with Crippen LogP contribution in [-0.4, -0.2) is 20.1 Å². The molecule has 2 aliphatic rings. The van der Waals surface area contributed by atoms with Gasteiger partial charge in [-0.1, -0.05) is 51.1 Å². The number of nitrogens with zero attached hydrogens (tertiary/aromatic N) is 4. The lowest BCUT2D eigenvalue weighted by molar-refractivity contribution is 0.198. The lowest BCUT2D eigenvalue weighted by Gasteiger charge is -2.40. The van der Waals surface area contributed by atoms with Gasteiger partial charge in [-0.3, -0.25) is 4.98 Å². The molecule has 6 heteroatoms. The van der Waals surface area contributed by atoms with Crippen LogP contribution in [0, 0.1) is 29.0 Å². The highest BCUT2D eigenvalue weighted by molar-refractivity contribution is 5.92. The van der Waals surface area contributed by atoms with E-state index in [9.17, 15) is 10.4 Å². The van der Waals surface area contributed by atoms with E-state index in [1.54, 1.807) is 18.3 Å². The van der Waals surface area contributed by atoms with Gasteiger partial charge in [0, 0.05) is 40.1 Å². The number of hydrogen-bond donors (Lipinski definition) is 1. The van der Waals surface area contributed by atoms with E-state index in [0.717, 1.165) is 34.1 Å². The first kappa shape index (κ1) is 24.6. The molecule has 0 saturated heterocycles. The van der Waals surface area contributed by atoms with Gasteiger partial charge in [-0.15, -0.1) is 0 Å². The Hall–Kier alpha value is -4.11. The number of aliphatic hydroxyl groups excluding tert-OH is 1. The second-order valence-electron chi connectivity index (χ2n) is 9.39. The second kappa shape index (κ2) is 10.1. The topological polar surface area (TPSA) is 82.7 Å². The van der Waals surface area contributed by atoms with Crippen molar-refractivity contribution in [1.82, 2.24) is 15.0 Å². The van der Waals surface area contributed by atoms with Gasteiger partial charge in [0.2, 0.25) is 0 Å². The van der Waals surface area contributed by atoms with Crippen molar-refractivity contribution in [2.45, 2.75) is 46.0 Å². The van der Waals surface area contributed by atoms with Crippen LogP contribution in [0.5, 0.6) is 0 Å². The van der Waals surface area contributed by atoms with E-state index in [2.05, 4.69) is 11.1 Å². The molecule has 2 aliphatic carbocycles. The molecule has 0 saturated carbocycles. The first-order chi connectivity index (χ1) is 18.1. The fourth-order valence-corrected chi connectivity index (χ4v) is 5.81. The Bertz CT molecular complexity index is 1550. The molecule has 1 N–H and O–H groups in total. The number of fused-ring (bicyclic) bond motifs is 4. The molecule has 6 rings (SSSR count). The third-order valence-electron chi connectivity index (χ3n) is 7.60. The quantitative estimate of drug-likeness (QED) is 0.312. The van der Waals surface area contributed by atoms with E-state index in [1.165, 1.54) is 6.07 Å². The molecule has 0 amide bonds. The molecule has 2 aromatic carbocycles. The fraction of sp³-hybridized carbons (Fsp3) is 0.290. The molecule has 0 fully saturated rings. The Morgan fingerprint density at radius 1 is 1.00 bits per heavy atom. The number of halogens is 1. The molecule has 0 spiro atoms. The Morgan fingerprint density at radius 2 is 1.76 bits per heavy atom. The van der Waals surface area contributed by atoms with Crippen molar-refractivity contribution in [3.63, 3.8) is 0 Å². The zero-order valence-corrected chi connectivity index (χ0v) is 21.2. The van der Waals surface area contributed by atoms with Crippen molar-refractivity contribution < 1.29 is 9.50 Å². The van der Waals surface area contributed by atoms with Crippen LogP contribution in [0.3, 0.4) is 0 Å². The second-order valence-corrected chi connectivity index (χ2v) is 9.39. The lowest BCUT2D eigenvalue weighted by atomic mass is 9.65. The molecule has 0 radical (unpaired) electrons. The van der Waals surface area contributed by atoms with Crippen molar-refractivity contribution in [3.8, 4) is 28.7 Å². The zero-order valence-electron chi connectivity index (χ0n) is 21.2. The average Bonchev–Trinajstić information content (AvgIpc) is 2.95. The SMILES string of the molecule is CC.CC1C(O)=C(C#N)CC2c3nc(-c4ccnc5ccccc45)nc(-c4ccccc4F)c3CCC12. The van der Waals surface area contributed by atoms with Crippen LogP contribution in [0.1, 0.15) is 50.8 Å². The number of hydrogen-bond acceptors (Lipinski definition) is 5. The van der Waals surface area contributed by atoms with Crippen molar-refractivity contribution in [3.05, 3.63) is 89.2 Å². The van der Waals surface area contributed by atoms with Crippen molar-refractivity contribution >= 4 is 10.9 Å². The van der Waals surface area contributed by atoms with Gasteiger partial charge in [-0.25, -0.2) is 14.4 Å². The first-order valence-corrected chi connectivity index (χ1v) is 12.9. The highest BCUT2D eigenvalue weighted by Crippen LogP contribution is 2.50. The largest absolute Gasteiger partial charge is 0.511 e. The maximum Gasteiger partial charge on any atom is 0.160 e. The number of allylic oxidation sites excluding steroid dienone is 2. The third kappa shape index (κ3) is 4.15. The van der Waals surface area contributed by atoms with Crippen LogP contribution in [0.15, 0.2) is 72.1 Å². The summed E-state index contributed by atoms with van der Waals surface area (Å²) in [6, 6.07) is 18.6. The number of para-hydroxylation sites is 1. The number of pyridine rings is 1. The average molecular weight is 493 g/mol. The van der Waals surface area contributed by atoms with E-state index >= 15 is 4.39 Å². The maximum atomic E-state index is 15.0. The van der Waals surface area contributed by atoms with Crippen LogP contribution in [0.25, 0.3) is 33.5 Å².